The Labute approximate surface area is 60.3 Å². The lowest BCUT2D eigenvalue weighted by Crippen LogP contribution is -2.33. The van der Waals surface area contributed by atoms with E-state index in [0.29, 0.717) is 6.10 Å². The van der Waals surface area contributed by atoms with E-state index >= 15 is 0 Å². The molecule has 0 saturated carbocycles. The Morgan fingerprint density at radius 3 is 2.90 bits per heavy atom. The Morgan fingerprint density at radius 1 is 1.40 bits per heavy atom. The van der Waals surface area contributed by atoms with Crippen molar-refractivity contribution < 1.29 is 14.2 Å². The maximum Gasteiger partial charge on any atom is 0.186 e. The second-order valence-corrected chi connectivity index (χ2v) is 2.93. The van der Waals surface area contributed by atoms with Crippen LogP contribution in [0.5, 0.6) is 0 Å². The first-order valence-electron chi connectivity index (χ1n) is 3.65. The zero-order valence-corrected chi connectivity index (χ0v) is 6.24. The molecule has 0 bridgehead atoms. The van der Waals surface area contributed by atoms with Crippen LogP contribution in [0.2, 0.25) is 0 Å². The zero-order valence-electron chi connectivity index (χ0n) is 6.24. The first kappa shape index (κ1) is 6.58. The van der Waals surface area contributed by atoms with Gasteiger partial charge in [0.2, 0.25) is 0 Å². The van der Waals surface area contributed by atoms with Crippen LogP contribution in [-0.2, 0) is 14.2 Å². The summed E-state index contributed by atoms with van der Waals surface area (Å²) in [5.41, 5.74) is 0. The minimum atomic E-state index is -0.117. The van der Waals surface area contributed by atoms with E-state index in [1.165, 1.54) is 0 Å². The molecule has 4 atom stereocenters. The standard InChI is InChI=1S/C7H12O3/c1-4-3-5-6(10-5)7(8-2)9-4/h4-7H,3H2,1-2H3/t4-,5-,6-,7+/m1/s1. The van der Waals surface area contributed by atoms with Gasteiger partial charge in [0.15, 0.2) is 6.29 Å². The summed E-state index contributed by atoms with van der Waals surface area (Å²) in [7, 11) is 1.65. The Bertz CT molecular complexity index is 137. The van der Waals surface area contributed by atoms with Crippen molar-refractivity contribution in [1.29, 1.82) is 0 Å². The molecule has 0 spiro atoms. The van der Waals surface area contributed by atoms with Gasteiger partial charge in [-0.1, -0.05) is 0 Å². The number of methoxy groups -OCH3 is 1. The minimum absolute atomic E-state index is 0.117. The lowest BCUT2D eigenvalue weighted by Gasteiger charge is -2.22. The molecule has 0 radical (unpaired) electrons. The summed E-state index contributed by atoms with van der Waals surface area (Å²) in [6, 6.07) is 0. The maximum absolute atomic E-state index is 5.44. The molecule has 0 aromatic rings. The molecule has 0 N–H and O–H groups in total. The molecule has 3 nitrogen and oxygen atoms in total. The SMILES string of the molecule is CO[C@H]1O[C@H](C)C[C@H]2O[C@@H]12. The normalized spacial score (nSPS) is 52.2. The van der Waals surface area contributed by atoms with Crippen LogP contribution in [0, 0.1) is 0 Å². The zero-order chi connectivity index (χ0) is 7.14. The van der Waals surface area contributed by atoms with Gasteiger partial charge in [0.05, 0.1) is 12.2 Å². The van der Waals surface area contributed by atoms with Crippen LogP contribution in [-0.4, -0.2) is 31.7 Å². The summed E-state index contributed by atoms with van der Waals surface area (Å²) in [5, 5.41) is 0. The fraction of sp³-hybridized carbons (Fsp3) is 1.00. The van der Waals surface area contributed by atoms with E-state index in [0.717, 1.165) is 6.42 Å². The van der Waals surface area contributed by atoms with Crippen molar-refractivity contribution in [1.82, 2.24) is 0 Å². The van der Waals surface area contributed by atoms with E-state index in [4.69, 9.17) is 14.2 Å². The molecule has 10 heavy (non-hydrogen) atoms. The van der Waals surface area contributed by atoms with Crippen molar-refractivity contribution in [3.63, 3.8) is 0 Å². The number of hydrogen-bond donors (Lipinski definition) is 0. The third-order valence-electron chi connectivity index (χ3n) is 2.05. The second-order valence-electron chi connectivity index (χ2n) is 2.93. The van der Waals surface area contributed by atoms with Crippen LogP contribution < -0.4 is 0 Å². The molecule has 2 aliphatic rings. The van der Waals surface area contributed by atoms with Crippen LogP contribution in [0.3, 0.4) is 0 Å². The quantitative estimate of drug-likeness (QED) is 0.503. The van der Waals surface area contributed by atoms with E-state index in [-0.39, 0.29) is 18.5 Å². The maximum atomic E-state index is 5.44. The average Bonchev–Trinajstić information content (AvgIpc) is 2.64. The first-order chi connectivity index (χ1) is 4.81. The van der Waals surface area contributed by atoms with Gasteiger partial charge in [0.25, 0.3) is 0 Å². The summed E-state index contributed by atoms with van der Waals surface area (Å²) in [6.45, 7) is 2.05. The van der Waals surface area contributed by atoms with Gasteiger partial charge in [-0.15, -0.1) is 0 Å². The van der Waals surface area contributed by atoms with Crippen LogP contribution in [0.1, 0.15) is 13.3 Å². The lowest BCUT2D eigenvalue weighted by molar-refractivity contribution is -0.168. The molecule has 0 aromatic carbocycles. The number of rotatable bonds is 1. The van der Waals surface area contributed by atoms with Crippen molar-refractivity contribution in [3.05, 3.63) is 0 Å². The van der Waals surface area contributed by atoms with E-state index in [9.17, 15) is 0 Å². The summed E-state index contributed by atoms with van der Waals surface area (Å²) >= 11 is 0. The molecular formula is C7H12O3. The molecule has 2 fully saturated rings. The monoisotopic (exact) mass is 144 g/mol. The van der Waals surface area contributed by atoms with E-state index in [1.54, 1.807) is 7.11 Å². The highest BCUT2D eigenvalue weighted by atomic mass is 16.7. The molecule has 3 heteroatoms. The van der Waals surface area contributed by atoms with Crippen LogP contribution in [0.4, 0.5) is 0 Å². The molecule has 2 rings (SSSR count). The van der Waals surface area contributed by atoms with E-state index in [1.807, 2.05) is 6.92 Å². The number of hydrogen-bond acceptors (Lipinski definition) is 3. The highest BCUT2D eigenvalue weighted by molar-refractivity contribution is 4.92. The molecule has 0 unspecified atom stereocenters. The Kier molecular flexibility index (Phi) is 1.44. The molecule has 2 saturated heterocycles. The molecule has 2 aliphatic heterocycles. The highest BCUT2D eigenvalue weighted by Crippen LogP contribution is 2.36. The van der Waals surface area contributed by atoms with Gasteiger partial charge in [0, 0.05) is 13.5 Å². The molecule has 0 aliphatic carbocycles. The third kappa shape index (κ3) is 0.944. The summed E-state index contributed by atoms with van der Waals surface area (Å²) < 4.78 is 15.8. The van der Waals surface area contributed by atoms with Gasteiger partial charge in [-0.2, -0.15) is 0 Å². The fourth-order valence-corrected chi connectivity index (χ4v) is 1.46. The van der Waals surface area contributed by atoms with Crippen LogP contribution >= 0.6 is 0 Å². The summed E-state index contributed by atoms with van der Waals surface area (Å²) in [6.07, 6.45) is 1.82. The lowest BCUT2D eigenvalue weighted by atomic mass is 10.1. The van der Waals surface area contributed by atoms with Crippen molar-refractivity contribution in [2.75, 3.05) is 7.11 Å². The largest absolute Gasteiger partial charge is 0.364 e. The predicted molar refractivity (Wildman–Crippen MR) is 34.6 cm³/mol. The average molecular weight is 144 g/mol. The van der Waals surface area contributed by atoms with Gasteiger partial charge in [-0.05, 0) is 6.92 Å². The van der Waals surface area contributed by atoms with Gasteiger partial charge in [-0.25, -0.2) is 0 Å². The minimum Gasteiger partial charge on any atom is -0.364 e. The Hall–Kier alpha value is -0.120. The van der Waals surface area contributed by atoms with Crippen molar-refractivity contribution in [2.24, 2.45) is 0 Å². The van der Waals surface area contributed by atoms with Gasteiger partial charge < -0.3 is 14.2 Å². The topological polar surface area (TPSA) is 31.0 Å². The van der Waals surface area contributed by atoms with Crippen molar-refractivity contribution >= 4 is 0 Å². The predicted octanol–water partition coefficient (Wildman–Crippen LogP) is 0.535. The van der Waals surface area contributed by atoms with E-state index in [2.05, 4.69) is 0 Å². The van der Waals surface area contributed by atoms with Crippen LogP contribution in [0.25, 0.3) is 0 Å². The van der Waals surface area contributed by atoms with Crippen LogP contribution in [0.15, 0.2) is 0 Å². The summed E-state index contributed by atoms with van der Waals surface area (Å²) in [4.78, 5) is 0. The summed E-state index contributed by atoms with van der Waals surface area (Å²) in [5.74, 6) is 0. The van der Waals surface area contributed by atoms with E-state index < -0.39 is 0 Å². The molecule has 58 valence electrons. The Balaban J connectivity index is 1.96. The first-order valence-corrected chi connectivity index (χ1v) is 3.65. The van der Waals surface area contributed by atoms with Gasteiger partial charge >= 0.3 is 0 Å². The van der Waals surface area contributed by atoms with Crippen molar-refractivity contribution in [3.8, 4) is 0 Å². The second kappa shape index (κ2) is 2.19. The highest BCUT2D eigenvalue weighted by Gasteiger charge is 2.50. The number of epoxide rings is 1. The molecule has 2 heterocycles. The molecular weight excluding hydrogens is 132 g/mol. The number of fused-ring (bicyclic) bond motifs is 1. The van der Waals surface area contributed by atoms with Gasteiger partial charge in [0.1, 0.15) is 6.10 Å². The molecule has 0 amide bonds. The number of ether oxygens (including phenoxy) is 3. The van der Waals surface area contributed by atoms with Crippen molar-refractivity contribution in [2.45, 2.75) is 37.9 Å². The smallest absolute Gasteiger partial charge is 0.186 e. The third-order valence-corrected chi connectivity index (χ3v) is 2.05. The molecule has 0 aromatic heterocycles. The Morgan fingerprint density at radius 2 is 2.20 bits per heavy atom. The fourth-order valence-electron chi connectivity index (χ4n) is 1.46. The van der Waals surface area contributed by atoms with Gasteiger partial charge in [-0.3, -0.25) is 0 Å².